The summed E-state index contributed by atoms with van der Waals surface area (Å²) in [6.45, 7) is 9.83. The van der Waals surface area contributed by atoms with E-state index >= 15 is 0 Å². The molecule has 0 radical (unpaired) electrons. The molecule has 6 amide bonds. The van der Waals surface area contributed by atoms with Crippen LogP contribution >= 0.6 is 0 Å². The average molecular weight is 1130 g/mol. The van der Waals surface area contributed by atoms with Crippen LogP contribution < -0.4 is 31.9 Å². The van der Waals surface area contributed by atoms with Gasteiger partial charge in [-0.1, -0.05) is 22.3 Å². The monoisotopic (exact) mass is 1130 g/mol. The van der Waals surface area contributed by atoms with Gasteiger partial charge in [0.2, 0.25) is 35.4 Å². The van der Waals surface area contributed by atoms with E-state index in [1.807, 2.05) is 6.92 Å². The molecule has 6 N–H and O–H groups in total. The largest absolute Gasteiger partial charge is 0.379 e. The Labute approximate surface area is 463 Å². The molecule has 2 atom stereocenters. The van der Waals surface area contributed by atoms with Crippen LogP contribution in [0.3, 0.4) is 0 Å². The molecule has 31 heteroatoms. The maximum Gasteiger partial charge on any atom is 0.243 e. The van der Waals surface area contributed by atoms with Gasteiger partial charge in [0.15, 0.2) is 0 Å². The normalized spacial score (nSPS) is 11.5. The van der Waals surface area contributed by atoms with Crippen molar-refractivity contribution in [1.82, 2.24) is 31.9 Å². The summed E-state index contributed by atoms with van der Waals surface area (Å²) in [6.07, 6.45) is 3.71. The molecule has 0 aliphatic heterocycles. The molecule has 0 aliphatic carbocycles. The third-order valence-electron chi connectivity index (χ3n) is 10.4. The molecule has 0 saturated carbocycles. The van der Waals surface area contributed by atoms with Crippen LogP contribution in [0.4, 0.5) is 0 Å². The summed E-state index contributed by atoms with van der Waals surface area (Å²) in [5.41, 5.74) is 24.9. The number of hydrogen-bond acceptors (Lipinski definition) is 19. The van der Waals surface area contributed by atoms with Crippen molar-refractivity contribution in [3.8, 4) is 0 Å². The van der Waals surface area contributed by atoms with Crippen molar-refractivity contribution in [3.05, 3.63) is 31.3 Å². The number of nitrogens with one attached hydrogen (secondary N) is 6. The standard InChI is InChI=1S/C48H89N15O16/c1-2-21-70-29-37-78-39-40-79-38-36-74-25-17-55-47(68)41(8-3-5-14-52-43(64)11-22-71-30-33-75-26-18-56-61-49)60-48(69)42(9-4-6-15-53-44(65)12-23-72-31-34-76-27-19-57-62-50)59-46(67)10-7-16-54-45(66)13-24-73-32-35-77-28-20-58-63-51/h41-42H,2-40H2,1H3,(H,52,64)(H,53,65)(H,54,66)(H,55,68)(H,59,67)(H,60,69)/t41-,42-/m1/s1. The van der Waals surface area contributed by atoms with Crippen LogP contribution in [0.2, 0.25) is 0 Å². The van der Waals surface area contributed by atoms with Gasteiger partial charge in [-0.2, -0.15) is 0 Å². The Morgan fingerprint density at radius 2 is 0.696 bits per heavy atom. The molecular formula is C48H89N15O16. The number of amides is 6. The second kappa shape index (κ2) is 58.5. The zero-order valence-electron chi connectivity index (χ0n) is 46.3. The van der Waals surface area contributed by atoms with Crippen molar-refractivity contribution < 1.29 is 76.1 Å². The van der Waals surface area contributed by atoms with Gasteiger partial charge in [0, 0.05) is 92.8 Å². The number of nitrogens with zero attached hydrogens (tertiary/aromatic N) is 9. The van der Waals surface area contributed by atoms with Crippen LogP contribution in [0, 0.1) is 0 Å². The number of rotatable bonds is 59. The van der Waals surface area contributed by atoms with Gasteiger partial charge in [0.25, 0.3) is 0 Å². The Balaban J connectivity index is 5.45. The van der Waals surface area contributed by atoms with Crippen molar-refractivity contribution in [2.24, 2.45) is 15.3 Å². The number of azide groups is 3. The van der Waals surface area contributed by atoms with Gasteiger partial charge in [-0.25, -0.2) is 0 Å². The number of ether oxygens (including phenoxy) is 10. The van der Waals surface area contributed by atoms with Gasteiger partial charge >= 0.3 is 0 Å². The molecule has 0 fully saturated rings. The molecule has 0 aliphatic rings. The van der Waals surface area contributed by atoms with Crippen molar-refractivity contribution in [2.45, 2.75) is 96.1 Å². The highest BCUT2D eigenvalue weighted by Crippen LogP contribution is 2.07. The third-order valence-corrected chi connectivity index (χ3v) is 10.4. The highest BCUT2D eigenvalue weighted by molar-refractivity contribution is 5.92. The van der Waals surface area contributed by atoms with E-state index < -0.39 is 29.8 Å². The lowest BCUT2D eigenvalue weighted by atomic mass is 10.0. The summed E-state index contributed by atoms with van der Waals surface area (Å²) in [7, 11) is 0. The summed E-state index contributed by atoms with van der Waals surface area (Å²) in [4.78, 5) is 86.0. The molecule has 0 rings (SSSR count). The Morgan fingerprint density at radius 1 is 0.354 bits per heavy atom. The second-order valence-corrected chi connectivity index (χ2v) is 16.9. The number of carbonyl (C=O) groups is 6. The minimum atomic E-state index is -1.05. The molecule has 0 unspecified atom stereocenters. The van der Waals surface area contributed by atoms with Gasteiger partial charge < -0.3 is 79.3 Å². The van der Waals surface area contributed by atoms with E-state index in [4.69, 9.17) is 64.0 Å². The van der Waals surface area contributed by atoms with E-state index in [1.165, 1.54) is 0 Å². The topological polar surface area (TPSA) is 413 Å². The SMILES string of the molecule is CCCOCCOCCOCCOCCNC(=O)[C@@H](CCCCNC(=O)CCOCCOCCN=[N+]=[N-])NC(=O)[C@@H](CCCCNC(=O)CCOCCOCCN=[N+]=[N-])NC(=O)CCCNC(=O)CCOCCOCCN=[N+]=[N-]. The quantitative estimate of drug-likeness (QED) is 0.0220. The smallest absolute Gasteiger partial charge is 0.243 e. The summed E-state index contributed by atoms with van der Waals surface area (Å²) >= 11 is 0. The minimum Gasteiger partial charge on any atom is -0.379 e. The molecule has 0 spiro atoms. The predicted octanol–water partition coefficient (Wildman–Crippen LogP) is 2.22. The molecule has 79 heavy (non-hydrogen) atoms. The van der Waals surface area contributed by atoms with Crippen LogP contribution in [-0.2, 0) is 76.1 Å². The second-order valence-electron chi connectivity index (χ2n) is 16.9. The summed E-state index contributed by atoms with van der Waals surface area (Å²) < 4.78 is 54.0. The lowest BCUT2D eigenvalue weighted by Crippen LogP contribution is -2.54. The van der Waals surface area contributed by atoms with E-state index in [2.05, 4.69) is 62.0 Å². The molecule has 452 valence electrons. The van der Waals surface area contributed by atoms with Crippen LogP contribution in [0.25, 0.3) is 31.3 Å². The Kier molecular flexibility index (Phi) is 54.3. The molecule has 0 aromatic heterocycles. The van der Waals surface area contributed by atoms with Gasteiger partial charge in [-0.05, 0) is 68.0 Å². The Morgan fingerprint density at radius 3 is 1.09 bits per heavy atom. The number of unbranched alkanes of at least 4 members (excludes halogenated alkanes) is 2. The summed E-state index contributed by atoms with van der Waals surface area (Å²) in [5.74, 6) is -2.24. The highest BCUT2D eigenvalue weighted by Gasteiger charge is 2.26. The van der Waals surface area contributed by atoms with E-state index in [0.29, 0.717) is 78.4 Å². The fourth-order valence-corrected chi connectivity index (χ4v) is 6.41. The van der Waals surface area contributed by atoms with E-state index in [-0.39, 0.29) is 188 Å². The zero-order valence-corrected chi connectivity index (χ0v) is 46.3. The Bertz CT molecular complexity index is 1730. The van der Waals surface area contributed by atoms with Crippen molar-refractivity contribution in [3.63, 3.8) is 0 Å². The van der Waals surface area contributed by atoms with Crippen molar-refractivity contribution in [2.75, 3.05) is 178 Å². The van der Waals surface area contributed by atoms with Gasteiger partial charge in [0.1, 0.15) is 12.1 Å². The molecule has 0 aromatic carbocycles. The zero-order chi connectivity index (χ0) is 57.8. The molecule has 0 bridgehead atoms. The fraction of sp³-hybridized carbons (Fsp3) is 0.875. The molecular weight excluding hydrogens is 1040 g/mol. The lowest BCUT2D eigenvalue weighted by Gasteiger charge is -2.23. The van der Waals surface area contributed by atoms with Gasteiger partial charge in [-0.3, -0.25) is 28.8 Å². The minimum absolute atomic E-state index is 0.0164. The number of hydrogen-bond donors (Lipinski definition) is 6. The van der Waals surface area contributed by atoms with Gasteiger partial charge in [-0.15, -0.1) is 0 Å². The maximum atomic E-state index is 14.0. The molecule has 0 saturated heterocycles. The average Bonchev–Trinajstić information content (AvgIpc) is 3.44. The van der Waals surface area contributed by atoms with E-state index in [9.17, 15) is 28.8 Å². The third kappa shape index (κ3) is 52.8. The first kappa shape index (κ1) is 73.3. The lowest BCUT2D eigenvalue weighted by molar-refractivity contribution is -0.132. The first-order valence-electron chi connectivity index (χ1n) is 27.2. The van der Waals surface area contributed by atoms with Crippen LogP contribution in [0.5, 0.6) is 0 Å². The Hall–Kier alpha value is -5.65. The fourth-order valence-electron chi connectivity index (χ4n) is 6.41. The van der Waals surface area contributed by atoms with Crippen LogP contribution in [-0.4, -0.2) is 225 Å². The first-order chi connectivity index (χ1) is 38.7. The van der Waals surface area contributed by atoms with Crippen molar-refractivity contribution >= 4 is 35.4 Å². The molecule has 0 heterocycles. The predicted molar refractivity (Wildman–Crippen MR) is 287 cm³/mol. The van der Waals surface area contributed by atoms with E-state index in [0.717, 1.165) is 6.42 Å². The molecule has 0 aromatic rings. The van der Waals surface area contributed by atoms with Crippen molar-refractivity contribution in [1.29, 1.82) is 0 Å². The first-order valence-corrected chi connectivity index (χ1v) is 27.2. The van der Waals surface area contributed by atoms with E-state index in [1.54, 1.807) is 0 Å². The highest BCUT2D eigenvalue weighted by atomic mass is 16.6. The molecule has 31 nitrogen and oxygen atoms in total. The van der Waals surface area contributed by atoms with Gasteiger partial charge in [0.05, 0.1) is 126 Å². The van der Waals surface area contributed by atoms with Crippen LogP contribution in [0.15, 0.2) is 15.3 Å². The summed E-state index contributed by atoms with van der Waals surface area (Å²) in [6, 6.07) is -2.06. The van der Waals surface area contributed by atoms with Crippen LogP contribution in [0.1, 0.15) is 84.0 Å². The maximum absolute atomic E-state index is 14.0. The number of carbonyl (C=O) groups excluding carboxylic acids is 6. The summed E-state index contributed by atoms with van der Waals surface area (Å²) in [5, 5.41) is 26.9.